The van der Waals surface area contributed by atoms with E-state index >= 15 is 0 Å². The fourth-order valence-corrected chi connectivity index (χ4v) is 2.27. The minimum atomic E-state index is 0.998. The lowest BCUT2D eigenvalue weighted by Gasteiger charge is -2.27. The van der Waals surface area contributed by atoms with Gasteiger partial charge in [0.15, 0.2) is 0 Å². The molecule has 104 valence electrons. The molecule has 3 heteroatoms. The zero-order valence-corrected chi connectivity index (χ0v) is 12.7. The van der Waals surface area contributed by atoms with Gasteiger partial charge in [0.05, 0.1) is 12.2 Å². The lowest BCUT2D eigenvalue weighted by molar-refractivity contribution is 0.209. The van der Waals surface area contributed by atoms with Crippen LogP contribution in [-0.2, 0) is 13.1 Å². The Hall–Kier alpha value is -0.830. The van der Waals surface area contributed by atoms with Crippen molar-refractivity contribution in [1.29, 1.82) is 0 Å². The summed E-state index contributed by atoms with van der Waals surface area (Å²) in [5.74, 6) is 2.26. The highest BCUT2D eigenvalue weighted by Gasteiger charge is 2.26. The highest BCUT2D eigenvalue weighted by atomic mass is 15.2. The second-order valence-electron chi connectivity index (χ2n) is 4.67. The molecule has 0 spiro atoms. The summed E-state index contributed by atoms with van der Waals surface area (Å²) in [6, 6.07) is 0. The molecule has 1 fully saturated rings. The maximum absolute atomic E-state index is 4.55. The van der Waals surface area contributed by atoms with E-state index < -0.39 is 0 Å². The van der Waals surface area contributed by atoms with E-state index in [-0.39, 0.29) is 0 Å². The standard InChI is InChI=1S/C11H17N3.2C2H6/c1-9-6-14-5-4-13(7-10-2-3-10)8-11(14)12-9;2*1-2/h6,10H,2-5,7-8H2,1H3;2*1-2H3. The zero-order chi connectivity index (χ0) is 13.5. The van der Waals surface area contributed by atoms with Gasteiger partial charge in [-0.25, -0.2) is 4.98 Å². The molecule has 1 aliphatic heterocycles. The van der Waals surface area contributed by atoms with E-state index in [9.17, 15) is 0 Å². The summed E-state index contributed by atoms with van der Waals surface area (Å²) in [6.45, 7) is 14.8. The summed E-state index contributed by atoms with van der Waals surface area (Å²) in [6.07, 6.45) is 5.07. The van der Waals surface area contributed by atoms with Gasteiger partial charge in [0.2, 0.25) is 0 Å². The van der Waals surface area contributed by atoms with E-state index in [2.05, 4.69) is 27.6 Å². The second kappa shape index (κ2) is 7.57. The maximum atomic E-state index is 4.55. The average molecular weight is 251 g/mol. The fourth-order valence-electron chi connectivity index (χ4n) is 2.27. The molecule has 0 N–H and O–H groups in total. The first-order valence-corrected chi connectivity index (χ1v) is 7.56. The van der Waals surface area contributed by atoms with Crippen LogP contribution in [0.4, 0.5) is 0 Å². The molecule has 0 atom stereocenters. The van der Waals surface area contributed by atoms with Gasteiger partial charge in [0, 0.05) is 25.8 Å². The highest BCUT2D eigenvalue weighted by Crippen LogP contribution is 2.30. The molecule has 0 saturated heterocycles. The summed E-state index contributed by atoms with van der Waals surface area (Å²) in [7, 11) is 0. The van der Waals surface area contributed by atoms with Crippen LogP contribution >= 0.6 is 0 Å². The molecule has 2 heterocycles. The normalized spacial score (nSPS) is 18.1. The number of fused-ring (bicyclic) bond motifs is 1. The van der Waals surface area contributed by atoms with Gasteiger partial charge in [0.25, 0.3) is 0 Å². The first-order valence-electron chi connectivity index (χ1n) is 7.56. The molecule has 1 aromatic rings. The van der Waals surface area contributed by atoms with Crippen molar-refractivity contribution in [3.63, 3.8) is 0 Å². The van der Waals surface area contributed by atoms with Gasteiger partial charge in [0.1, 0.15) is 5.82 Å². The molecule has 3 nitrogen and oxygen atoms in total. The number of imidazole rings is 1. The van der Waals surface area contributed by atoms with E-state index in [4.69, 9.17) is 0 Å². The second-order valence-corrected chi connectivity index (χ2v) is 4.67. The zero-order valence-electron chi connectivity index (χ0n) is 12.7. The van der Waals surface area contributed by atoms with E-state index in [0.717, 1.165) is 24.7 Å². The number of hydrogen-bond donors (Lipinski definition) is 0. The minimum Gasteiger partial charge on any atom is -0.332 e. The van der Waals surface area contributed by atoms with Crippen molar-refractivity contribution in [2.45, 2.75) is 60.5 Å². The molecule has 0 radical (unpaired) electrons. The van der Waals surface area contributed by atoms with Crippen molar-refractivity contribution < 1.29 is 0 Å². The van der Waals surface area contributed by atoms with Gasteiger partial charge in [-0.2, -0.15) is 0 Å². The van der Waals surface area contributed by atoms with E-state index in [1.54, 1.807) is 0 Å². The van der Waals surface area contributed by atoms with Crippen LogP contribution in [0.2, 0.25) is 0 Å². The molecule has 0 amide bonds. The fraction of sp³-hybridized carbons (Fsp3) is 0.800. The van der Waals surface area contributed by atoms with Crippen LogP contribution in [-0.4, -0.2) is 27.5 Å². The Labute approximate surface area is 112 Å². The first kappa shape index (κ1) is 15.2. The van der Waals surface area contributed by atoms with Gasteiger partial charge in [-0.15, -0.1) is 0 Å². The molecule has 2 aliphatic rings. The number of aromatic nitrogens is 2. The predicted octanol–water partition coefficient (Wildman–Crippen LogP) is 3.47. The predicted molar refractivity (Wildman–Crippen MR) is 77.7 cm³/mol. The number of rotatable bonds is 2. The lowest BCUT2D eigenvalue weighted by atomic mass is 10.3. The Bertz CT molecular complexity index is 340. The van der Waals surface area contributed by atoms with Gasteiger partial charge in [-0.1, -0.05) is 27.7 Å². The van der Waals surface area contributed by atoms with Crippen molar-refractivity contribution >= 4 is 0 Å². The average Bonchev–Trinajstić information content (AvgIpc) is 3.14. The maximum Gasteiger partial charge on any atom is 0.123 e. The van der Waals surface area contributed by atoms with Crippen LogP contribution in [0.3, 0.4) is 0 Å². The van der Waals surface area contributed by atoms with Gasteiger partial charge in [-0.3, -0.25) is 4.90 Å². The van der Waals surface area contributed by atoms with Crippen molar-refractivity contribution in [3.05, 3.63) is 17.7 Å². The lowest BCUT2D eigenvalue weighted by Crippen LogP contribution is -2.34. The Morgan fingerprint density at radius 3 is 2.44 bits per heavy atom. The van der Waals surface area contributed by atoms with Gasteiger partial charge < -0.3 is 4.57 Å². The van der Waals surface area contributed by atoms with Crippen LogP contribution in [0.5, 0.6) is 0 Å². The van der Waals surface area contributed by atoms with Crippen molar-refractivity contribution in [2.75, 3.05) is 13.1 Å². The third-order valence-electron chi connectivity index (χ3n) is 3.22. The molecule has 1 saturated carbocycles. The summed E-state index contributed by atoms with van der Waals surface area (Å²) < 4.78 is 2.30. The highest BCUT2D eigenvalue weighted by molar-refractivity contribution is 5.04. The number of aryl methyl sites for hydroxylation is 1. The molecular weight excluding hydrogens is 222 g/mol. The Kier molecular flexibility index (Phi) is 6.41. The van der Waals surface area contributed by atoms with Crippen LogP contribution < -0.4 is 0 Å². The molecule has 0 aromatic carbocycles. The monoisotopic (exact) mass is 251 g/mol. The topological polar surface area (TPSA) is 21.1 Å². The SMILES string of the molecule is CC.CC.Cc1cn2c(n1)CN(CC1CC1)CC2. The van der Waals surface area contributed by atoms with Crippen molar-refractivity contribution in [2.24, 2.45) is 5.92 Å². The van der Waals surface area contributed by atoms with Crippen molar-refractivity contribution in [1.82, 2.24) is 14.5 Å². The van der Waals surface area contributed by atoms with Gasteiger partial charge >= 0.3 is 0 Å². The summed E-state index contributed by atoms with van der Waals surface area (Å²) in [5, 5.41) is 0. The third kappa shape index (κ3) is 4.13. The summed E-state index contributed by atoms with van der Waals surface area (Å²) in [5.41, 5.74) is 1.16. The smallest absolute Gasteiger partial charge is 0.123 e. The third-order valence-corrected chi connectivity index (χ3v) is 3.22. The van der Waals surface area contributed by atoms with Crippen molar-refractivity contribution in [3.8, 4) is 0 Å². The van der Waals surface area contributed by atoms with Crippen LogP contribution in [0.1, 0.15) is 52.1 Å². The molecule has 0 unspecified atom stereocenters. The minimum absolute atomic E-state index is 0.998. The quantitative estimate of drug-likeness (QED) is 0.802. The van der Waals surface area contributed by atoms with E-state index in [1.807, 2.05) is 27.7 Å². The van der Waals surface area contributed by atoms with Crippen LogP contribution in [0.25, 0.3) is 0 Å². The summed E-state index contributed by atoms with van der Waals surface area (Å²) >= 11 is 0. The molecular formula is C15H29N3. The molecule has 3 rings (SSSR count). The van der Waals surface area contributed by atoms with E-state index in [0.29, 0.717) is 0 Å². The van der Waals surface area contributed by atoms with Crippen LogP contribution in [0.15, 0.2) is 6.20 Å². The molecule has 1 aromatic heterocycles. The largest absolute Gasteiger partial charge is 0.332 e. The molecule has 1 aliphatic carbocycles. The molecule has 18 heavy (non-hydrogen) atoms. The Morgan fingerprint density at radius 1 is 1.17 bits per heavy atom. The number of nitrogens with zero attached hydrogens (tertiary/aromatic N) is 3. The first-order chi connectivity index (χ1) is 8.81. The van der Waals surface area contributed by atoms with E-state index in [1.165, 1.54) is 31.8 Å². The Morgan fingerprint density at radius 2 is 1.83 bits per heavy atom. The van der Waals surface area contributed by atoms with Gasteiger partial charge in [-0.05, 0) is 25.7 Å². The Balaban J connectivity index is 0.000000371. The number of hydrogen-bond acceptors (Lipinski definition) is 2. The molecule has 0 bridgehead atoms. The summed E-state index contributed by atoms with van der Waals surface area (Å²) in [4.78, 5) is 7.11. The van der Waals surface area contributed by atoms with Crippen LogP contribution in [0, 0.1) is 12.8 Å².